The van der Waals surface area contributed by atoms with Crippen LogP contribution in [0.1, 0.15) is 16.1 Å². The maximum absolute atomic E-state index is 14.0. The molecule has 31 heavy (non-hydrogen) atoms. The maximum Gasteiger partial charge on any atom is 0.325 e. The number of aryl methyl sites for hydroxylation is 1. The number of rotatable bonds is 4. The number of nitrogens with one attached hydrogen (secondary N) is 2. The number of piperazine rings is 1. The highest BCUT2D eigenvalue weighted by molar-refractivity contribution is 7.14. The molecule has 0 bridgehead atoms. The smallest absolute Gasteiger partial charge is 0.325 e. The van der Waals surface area contributed by atoms with E-state index in [9.17, 15) is 14.0 Å². The van der Waals surface area contributed by atoms with Crippen LogP contribution >= 0.6 is 11.3 Å². The summed E-state index contributed by atoms with van der Waals surface area (Å²) in [7, 11) is 0. The number of halogens is 1. The zero-order valence-corrected chi connectivity index (χ0v) is 17.8. The molecule has 0 aliphatic carbocycles. The van der Waals surface area contributed by atoms with Gasteiger partial charge in [-0.3, -0.25) is 10.1 Å². The van der Waals surface area contributed by atoms with Crippen molar-refractivity contribution in [1.29, 1.82) is 0 Å². The van der Waals surface area contributed by atoms with Crippen LogP contribution in [0.2, 0.25) is 0 Å². The second-order valence-electron chi connectivity index (χ2n) is 7.21. The largest absolute Gasteiger partial charge is 0.366 e. The highest BCUT2D eigenvalue weighted by Gasteiger charge is 2.25. The van der Waals surface area contributed by atoms with E-state index < -0.39 is 6.03 Å². The molecule has 0 radical (unpaired) electrons. The van der Waals surface area contributed by atoms with Gasteiger partial charge in [0.15, 0.2) is 5.13 Å². The molecule has 1 fully saturated rings. The van der Waals surface area contributed by atoms with Gasteiger partial charge in [0.2, 0.25) is 0 Å². The van der Waals surface area contributed by atoms with E-state index in [1.807, 2.05) is 36.1 Å². The minimum atomic E-state index is -0.421. The summed E-state index contributed by atoms with van der Waals surface area (Å²) in [4.78, 5) is 32.8. The Bertz CT molecular complexity index is 1080. The SMILES string of the molecule is Cc1ccc(NC(=O)Nc2nc(C(=O)N3CCN(c4ccccc4F)CC3)cs2)cc1. The molecule has 7 nitrogen and oxygen atoms in total. The molecule has 160 valence electrons. The number of urea groups is 1. The van der Waals surface area contributed by atoms with Crippen molar-refractivity contribution in [2.45, 2.75) is 6.92 Å². The Morgan fingerprint density at radius 1 is 1.00 bits per heavy atom. The van der Waals surface area contributed by atoms with E-state index >= 15 is 0 Å². The zero-order valence-electron chi connectivity index (χ0n) is 17.0. The lowest BCUT2D eigenvalue weighted by atomic mass is 10.2. The van der Waals surface area contributed by atoms with Crippen LogP contribution in [0.25, 0.3) is 0 Å². The highest BCUT2D eigenvalue weighted by atomic mass is 32.1. The number of hydrogen-bond acceptors (Lipinski definition) is 5. The molecule has 2 aromatic carbocycles. The quantitative estimate of drug-likeness (QED) is 0.639. The molecule has 1 aliphatic heterocycles. The van der Waals surface area contributed by atoms with E-state index in [4.69, 9.17) is 0 Å². The Hall–Kier alpha value is -3.46. The lowest BCUT2D eigenvalue weighted by Gasteiger charge is -2.35. The first kappa shape index (κ1) is 20.8. The molecule has 2 N–H and O–H groups in total. The standard InChI is InChI=1S/C22H22FN5O2S/c1-15-6-8-16(9-7-15)24-21(30)26-22-25-18(14-31-22)20(29)28-12-10-27(11-13-28)19-5-3-2-4-17(19)23/h2-9,14H,10-13H2,1H3,(H2,24,25,26,30). The predicted molar refractivity (Wildman–Crippen MR) is 120 cm³/mol. The minimum absolute atomic E-state index is 0.198. The van der Waals surface area contributed by atoms with Crippen LogP contribution in [0.4, 0.5) is 25.7 Å². The lowest BCUT2D eigenvalue weighted by Crippen LogP contribution is -2.49. The first-order valence-electron chi connectivity index (χ1n) is 9.88. The molecule has 9 heteroatoms. The van der Waals surface area contributed by atoms with Gasteiger partial charge in [0.25, 0.3) is 5.91 Å². The molecular formula is C22H22FN5O2S. The topological polar surface area (TPSA) is 77.6 Å². The molecule has 1 saturated heterocycles. The van der Waals surface area contributed by atoms with Gasteiger partial charge >= 0.3 is 6.03 Å². The van der Waals surface area contributed by atoms with E-state index in [0.717, 1.165) is 5.56 Å². The van der Waals surface area contributed by atoms with Gasteiger partial charge in [-0.05, 0) is 31.2 Å². The summed E-state index contributed by atoms with van der Waals surface area (Å²) < 4.78 is 14.0. The van der Waals surface area contributed by atoms with Crippen LogP contribution < -0.4 is 15.5 Å². The van der Waals surface area contributed by atoms with Crippen LogP contribution in [-0.2, 0) is 0 Å². The maximum atomic E-state index is 14.0. The molecule has 0 spiro atoms. The van der Waals surface area contributed by atoms with Crippen molar-refractivity contribution in [2.24, 2.45) is 0 Å². The molecule has 0 unspecified atom stereocenters. The fourth-order valence-corrected chi connectivity index (χ4v) is 4.03. The molecule has 3 aromatic rings. The van der Waals surface area contributed by atoms with Crippen molar-refractivity contribution in [2.75, 3.05) is 41.7 Å². The lowest BCUT2D eigenvalue weighted by molar-refractivity contribution is 0.0741. The fraction of sp³-hybridized carbons (Fsp3) is 0.227. The Balaban J connectivity index is 1.31. The number of carbonyl (C=O) groups excluding carboxylic acids is 2. The average molecular weight is 440 g/mol. The molecular weight excluding hydrogens is 417 g/mol. The van der Waals surface area contributed by atoms with Crippen LogP contribution in [0.3, 0.4) is 0 Å². The van der Waals surface area contributed by atoms with Gasteiger partial charge in [-0.15, -0.1) is 11.3 Å². The number of carbonyl (C=O) groups is 2. The minimum Gasteiger partial charge on any atom is -0.366 e. The zero-order chi connectivity index (χ0) is 21.8. The number of benzene rings is 2. The summed E-state index contributed by atoms with van der Waals surface area (Å²) in [5.74, 6) is -0.460. The van der Waals surface area contributed by atoms with Gasteiger partial charge in [0.05, 0.1) is 5.69 Å². The second kappa shape index (κ2) is 9.13. The molecule has 2 heterocycles. The Morgan fingerprint density at radius 2 is 1.71 bits per heavy atom. The van der Waals surface area contributed by atoms with Crippen LogP contribution in [0.5, 0.6) is 0 Å². The van der Waals surface area contributed by atoms with Crippen molar-refractivity contribution in [3.8, 4) is 0 Å². The van der Waals surface area contributed by atoms with E-state index in [1.165, 1.54) is 17.4 Å². The highest BCUT2D eigenvalue weighted by Crippen LogP contribution is 2.22. The number of thiazole rings is 1. The van der Waals surface area contributed by atoms with E-state index in [-0.39, 0.29) is 17.4 Å². The summed E-state index contributed by atoms with van der Waals surface area (Å²) >= 11 is 1.19. The van der Waals surface area contributed by atoms with E-state index in [2.05, 4.69) is 15.6 Å². The molecule has 4 rings (SSSR count). The Morgan fingerprint density at radius 3 is 2.42 bits per heavy atom. The number of amides is 3. The number of nitrogens with zero attached hydrogens (tertiary/aromatic N) is 3. The normalized spacial score (nSPS) is 13.7. The summed E-state index contributed by atoms with van der Waals surface area (Å²) in [6.45, 7) is 4.00. The molecule has 1 aromatic heterocycles. The monoisotopic (exact) mass is 439 g/mol. The predicted octanol–water partition coefficient (Wildman–Crippen LogP) is 4.20. The first-order valence-corrected chi connectivity index (χ1v) is 10.8. The summed E-state index contributed by atoms with van der Waals surface area (Å²) in [5, 5.41) is 7.36. The van der Waals surface area contributed by atoms with Gasteiger partial charge in [-0.2, -0.15) is 0 Å². The van der Waals surface area contributed by atoms with Gasteiger partial charge in [-0.1, -0.05) is 29.8 Å². The van der Waals surface area contributed by atoms with Gasteiger partial charge < -0.3 is 15.1 Å². The van der Waals surface area contributed by atoms with Gasteiger partial charge in [0.1, 0.15) is 11.5 Å². The van der Waals surface area contributed by atoms with Gasteiger partial charge in [0, 0.05) is 37.2 Å². The Kier molecular flexibility index (Phi) is 6.13. The molecule has 0 saturated carbocycles. The third-order valence-electron chi connectivity index (χ3n) is 5.01. The van der Waals surface area contributed by atoms with E-state index in [1.54, 1.807) is 28.5 Å². The number of para-hydroxylation sites is 1. The molecule has 3 amide bonds. The summed E-state index contributed by atoms with van der Waals surface area (Å²) in [6, 6.07) is 13.7. The number of anilines is 3. The Labute approximate surface area is 183 Å². The van der Waals surface area contributed by atoms with Crippen molar-refractivity contribution >= 4 is 39.8 Å². The van der Waals surface area contributed by atoms with Crippen LogP contribution in [0.15, 0.2) is 53.9 Å². The van der Waals surface area contributed by atoms with E-state index in [0.29, 0.717) is 42.7 Å². The third-order valence-corrected chi connectivity index (χ3v) is 5.77. The van der Waals surface area contributed by atoms with Crippen molar-refractivity contribution in [3.63, 3.8) is 0 Å². The van der Waals surface area contributed by atoms with Crippen molar-refractivity contribution in [1.82, 2.24) is 9.88 Å². The first-order chi connectivity index (χ1) is 15.0. The second-order valence-corrected chi connectivity index (χ2v) is 8.07. The average Bonchev–Trinajstić information content (AvgIpc) is 3.23. The number of hydrogen-bond donors (Lipinski definition) is 2. The summed E-state index contributed by atoms with van der Waals surface area (Å²) in [5.41, 5.74) is 2.61. The molecule has 0 atom stereocenters. The van der Waals surface area contributed by atoms with Crippen molar-refractivity contribution < 1.29 is 14.0 Å². The van der Waals surface area contributed by atoms with Gasteiger partial charge in [-0.25, -0.2) is 14.2 Å². The van der Waals surface area contributed by atoms with Crippen LogP contribution in [0, 0.1) is 12.7 Å². The third kappa shape index (κ3) is 5.00. The number of aromatic nitrogens is 1. The van der Waals surface area contributed by atoms with Crippen LogP contribution in [-0.4, -0.2) is 48.0 Å². The molecule has 1 aliphatic rings. The van der Waals surface area contributed by atoms with Crippen molar-refractivity contribution in [3.05, 3.63) is 71.0 Å². The summed E-state index contributed by atoms with van der Waals surface area (Å²) in [6.07, 6.45) is 0. The fourth-order valence-electron chi connectivity index (χ4n) is 3.35.